The average molecular weight is 346 g/mol. The fourth-order valence-corrected chi connectivity index (χ4v) is 1.81. The molecular weight excluding hydrogens is 340 g/mol. The van der Waals surface area contributed by atoms with Crippen molar-refractivity contribution in [1.29, 1.82) is 0 Å². The van der Waals surface area contributed by atoms with Gasteiger partial charge in [0, 0.05) is 3.57 Å². The van der Waals surface area contributed by atoms with Gasteiger partial charge in [0.1, 0.15) is 5.75 Å². The second-order valence-corrected chi connectivity index (χ2v) is 4.00. The Balaban J connectivity index is 3.44. The lowest BCUT2D eigenvalue weighted by Gasteiger charge is -2.13. The maximum absolute atomic E-state index is 12.5. The summed E-state index contributed by atoms with van der Waals surface area (Å²) >= 11 is 1.54. The molecule has 3 nitrogen and oxygen atoms in total. The van der Waals surface area contributed by atoms with E-state index in [-0.39, 0.29) is 9.13 Å². The minimum atomic E-state index is -4.57. The topological polar surface area (TPSA) is 46.5 Å². The van der Waals surface area contributed by atoms with Gasteiger partial charge in [-0.05, 0) is 34.7 Å². The molecule has 0 aliphatic heterocycles. The Morgan fingerprint density at radius 3 is 2.38 bits per heavy atom. The van der Waals surface area contributed by atoms with Crippen molar-refractivity contribution in [3.8, 4) is 5.75 Å². The van der Waals surface area contributed by atoms with Crippen LogP contribution in [0, 0.1) is 3.57 Å². The molecule has 1 aromatic rings. The molecule has 1 N–H and O–H groups in total. The molecule has 0 saturated carbocycles. The van der Waals surface area contributed by atoms with Crippen LogP contribution in [0.2, 0.25) is 0 Å². The maximum atomic E-state index is 12.5. The van der Waals surface area contributed by atoms with Crippen molar-refractivity contribution >= 4 is 28.6 Å². The molecule has 0 heterocycles. The van der Waals surface area contributed by atoms with Crippen molar-refractivity contribution in [1.82, 2.24) is 0 Å². The SMILES string of the molecule is COc1cc(C(=O)O)c(I)cc1C(F)(F)F. The van der Waals surface area contributed by atoms with Crippen LogP contribution in [0.15, 0.2) is 12.1 Å². The molecule has 0 amide bonds. The van der Waals surface area contributed by atoms with E-state index in [1.165, 1.54) is 22.6 Å². The van der Waals surface area contributed by atoms with Crippen LogP contribution in [0.5, 0.6) is 5.75 Å². The summed E-state index contributed by atoms with van der Waals surface area (Å²) in [5, 5.41) is 8.74. The Hall–Kier alpha value is -0.990. The number of methoxy groups -OCH3 is 1. The predicted octanol–water partition coefficient (Wildman–Crippen LogP) is 3.02. The van der Waals surface area contributed by atoms with Crippen molar-refractivity contribution in [3.63, 3.8) is 0 Å². The van der Waals surface area contributed by atoms with Gasteiger partial charge in [0.05, 0.1) is 18.2 Å². The van der Waals surface area contributed by atoms with Gasteiger partial charge < -0.3 is 9.84 Å². The molecule has 0 saturated heterocycles. The largest absolute Gasteiger partial charge is 0.496 e. The van der Waals surface area contributed by atoms with E-state index in [2.05, 4.69) is 4.74 Å². The van der Waals surface area contributed by atoms with E-state index >= 15 is 0 Å². The smallest absolute Gasteiger partial charge is 0.419 e. The van der Waals surface area contributed by atoms with Gasteiger partial charge in [0.15, 0.2) is 0 Å². The molecule has 0 spiro atoms. The minimum Gasteiger partial charge on any atom is -0.496 e. The van der Waals surface area contributed by atoms with E-state index in [0.29, 0.717) is 0 Å². The number of benzene rings is 1. The molecule has 1 aromatic carbocycles. The van der Waals surface area contributed by atoms with Crippen LogP contribution < -0.4 is 4.74 Å². The molecule has 0 radical (unpaired) electrons. The number of hydrogen-bond acceptors (Lipinski definition) is 2. The number of alkyl halides is 3. The number of halogens is 4. The summed E-state index contributed by atoms with van der Waals surface area (Å²) in [6.45, 7) is 0. The fraction of sp³-hybridized carbons (Fsp3) is 0.222. The van der Waals surface area contributed by atoms with E-state index in [1.807, 2.05) is 0 Å². The lowest BCUT2D eigenvalue weighted by molar-refractivity contribution is -0.138. The van der Waals surface area contributed by atoms with Crippen LogP contribution in [0.25, 0.3) is 0 Å². The number of ether oxygens (including phenoxy) is 1. The second-order valence-electron chi connectivity index (χ2n) is 2.84. The third kappa shape index (κ3) is 2.57. The molecule has 0 atom stereocenters. The first-order valence-corrected chi connectivity index (χ1v) is 5.03. The Labute approximate surface area is 102 Å². The van der Waals surface area contributed by atoms with Crippen LogP contribution in [0.4, 0.5) is 13.2 Å². The maximum Gasteiger partial charge on any atom is 0.419 e. The van der Waals surface area contributed by atoms with E-state index in [1.54, 1.807) is 0 Å². The quantitative estimate of drug-likeness (QED) is 0.838. The third-order valence-electron chi connectivity index (χ3n) is 1.82. The summed E-state index contributed by atoms with van der Waals surface area (Å²) in [5.74, 6) is -1.79. The van der Waals surface area contributed by atoms with E-state index in [0.717, 1.165) is 19.2 Å². The zero-order valence-corrected chi connectivity index (χ0v) is 10.1. The van der Waals surface area contributed by atoms with Gasteiger partial charge in [0.25, 0.3) is 0 Å². The first kappa shape index (κ1) is 13.1. The molecule has 0 unspecified atom stereocenters. The molecule has 0 aliphatic carbocycles. The van der Waals surface area contributed by atoms with Crippen molar-refractivity contribution in [3.05, 3.63) is 26.8 Å². The van der Waals surface area contributed by atoms with Crippen LogP contribution in [-0.2, 0) is 6.18 Å². The first-order chi connectivity index (χ1) is 7.27. The standard InChI is InChI=1S/C9H6F3IO3/c1-16-7-2-4(8(14)15)6(13)3-5(7)9(10,11)12/h2-3H,1H3,(H,14,15). The van der Waals surface area contributed by atoms with Gasteiger partial charge in [-0.25, -0.2) is 4.79 Å². The highest BCUT2D eigenvalue weighted by Gasteiger charge is 2.35. The third-order valence-corrected chi connectivity index (χ3v) is 2.72. The van der Waals surface area contributed by atoms with Crippen LogP contribution in [-0.4, -0.2) is 18.2 Å². The Morgan fingerprint density at radius 2 is 2.00 bits per heavy atom. The van der Waals surface area contributed by atoms with Gasteiger partial charge in [-0.2, -0.15) is 13.2 Å². The highest BCUT2D eigenvalue weighted by Crippen LogP contribution is 2.38. The molecule has 1 rings (SSSR count). The van der Waals surface area contributed by atoms with Gasteiger partial charge in [-0.1, -0.05) is 0 Å². The van der Waals surface area contributed by atoms with Crippen molar-refractivity contribution in [2.45, 2.75) is 6.18 Å². The predicted molar refractivity (Wildman–Crippen MR) is 57.7 cm³/mol. The zero-order chi connectivity index (χ0) is 12.5. The number of rotatable bonds is 2. The summed E-state index contributed by atoms with van der Waals surface area (Å²) in [6, 6.07) is 1.62. The van der Waals surface area contributed by atoms with Gasteiger partial charge >= 0.3 is 12.1 Å². The molecule has 0 bridgehead atoms. The number of aromatic carboxylic acids is 1. The van der Waals surface area contributed by atoms with Gasteiger partial charge in [-0.3, -0.25) is 0 Å². The molecule has 0 aromatic heterocycles. The molecule has 88 valence electrons. The van der Waals surface area contributed by atoms with Crippen LogP contribution in [0.3, 0.4) is 0 Å². The molecule has 0 fully saturated rings. The normalized spacial score (nSPS) is 11.3. The fourth-order valence-electron chi connectivity index (χ4n) is 1.11. The second kappa shape index (κ2) is 4.48. The van der Waals surface area contributed by atoms with Crippen molar-refractivity contribution < 1.29 is 27.8 Å². The molecule has 0 aliphatic rings. The highest BCUT2D eigenvalue weighted by molar-refractivity contribution is 14.1. The highest BCUT2D eigenvalue weighted by atomic mass is 127. The minimum absolute atomic E-state index is 0.0122. The Kier molecular flexibility index (Phi) is 3.66. The Bertz CT molecular complexity index is 429. The summed E-state index contributed by atoms with van der Waals surface area (Å²) in [6.07, 6.45) is -4.57. The zero-order valence-electron chi connectivity index (χ0n) is 7.93. The van der Waals surface area contributed by atoms with Gasteiger partial charge in [0.2, 0.25) is 0 Å². The average Bonchev–Trinajstić information content (AvgIpc) is 2.15. The van der Waals surface area contributed by atoms with E-state index < -0.39 is 23.5 Å². The summed E-state index contributed by atoms with van der Waals surface area (Å²) in [4.78, 5) is 10.7. The van der Waals surface area contributed by atoms with E-state index in [9.17, 15) is 18.0 Å². The summed E-state index contributed by atoms with van der Waals surface area (Å²) in [5.41, 5.74) is -1.20. The number of carboxylic acid groups (broad SMARTS) is 1. The number of carboxylic acids is 1. The van der Waals surface area contributed by atoms with E-state index in [4.69, 9.17) is 5.11 Å². The number of carbonyl (C=O) groups is 1. The molecular formula is C9H6F3IO3. The lowest BCUT2D eigenvalue weighted by atomic mass is 10.1. The van der Waals surface area contributed by atoms with Gasteiger partial charge in [-0.15, -0.1) is 0 Å². The van der Waals surface area contributed by atoms with Crippen LogP contribution >= 0.6 is 22.6 Å². The summed E-state index contributed by atoms with van der Waals surface area (Å²) < 4.78 is 42.1. The summed E-state index contributed by atoms with van der Waals surface area (Å²) in [7, 11) is 1.06. The number of hydrogen-bond donors (Lipinski definition) is 1. The Morgan fingerprint density at radius 1 is 1.44 bits per heavy atom. The van der Waals surface area contributed by atoms with Crippen LogP contribution in [0.1, 0.15) is 15.9 Å². The first-order valence-electron chi connectivity index (χ1n) is 3.95. The monoisotopic (exact) mass is 346 g/mol. The molecule has 7 heteroatoms. The van der Waals surface area contributed by atoms with Crippen molar-refractivity contribution in [2.75, 3.05) is 7.11 Å². The lowest BCUT2D eigenvalue weighted by Crippen LogP contribution is -2.10. The van der Waals surface area contributed by atoms with Crippen molar-refractivity contribution in [2.24, 2.45) is 0 Å². The molecule has 16 heavy (non-hydrogen) atoms.